The van der Waals surface area contributed by atoms with Crippen molar-refractivity contribution >= 4 is 6.09 Å². The summed E-state index contributed by atoms with van der Waals surface area (Å²) in [6.45, 7) is 3.73. The van der Waals surface area contributed by atoms with Crippen molar-refractivity contribution in [2.24, 2.45) is 0 Å². The molecule has 0 bridgehead atoms. The van der Waals surface area contributed by atoms with Crippen LogP contribution in [0.1, 0.15) is 13.3 Å². The average molecular weight is 159 g/mol. The van der Waals surface area contributed by atoms with Crippen molar-refractivity contribution < 1.29 is 14.6 Å². The molecule has 1 saturated heterocycles. The molecular formula is C7H13NO3. The lowest BCUT2D eigenvalue weighted by Gasteiger charge is -2.11. The smallest absolute Gasteiger partial charge is 0.407 e. The molecule has 11 heavy (non-hydrogen) atoms. The first kappa shape index (κ1) is 8.33. The molecule has 4 nitrogen and oxygen atoms in total. The molecule has 1 rings (SSSR count). The van der Waals surface area contributed by atoms with E-state index in [2.05, 4.69) is 0 Å². The van der Waals surface area contributed by atoms with E-state index in [4.69, 9.17) is 9.84 Å². The summed E-state index contributed by atoms with van der Waals surface area (Å²) in [7, 11) is 0. The first-order chi connectivity index (χ1) is 5.24. The third kappa shape index (κ3) is 2.08. The average Bonchev–Trinajstić information content (AvgIpc) is 2.37. The molecule has 1 fully saturated rings. The van der Waals surface area contributed by atoms with E-state index >= 15 is 0 Å². The van der Waals surface area contributed by atoms with Gasteiger partial charge in [-0.05, 0) is 13.3 Å². The second-order valence-corrected chi connectivity index (χ2v) is 2.59. The third-order valence-corrected chi connectivity index (χ3v) is 1.82. The van der Waals surface area contributed by atoms with Gasteiger partial charge in [0.2, 0.25) is 0 Å². The number of nitrogens with zero attached hydrogens (tertiary/aromatic N) is 1. The minimum Gasteiger partial charge on any atom is -0.465 e. The summed E-state index contributed by atoms with van der Waals surface area (Å²) in [5.41, 5.74) is 0. The normalized spacial score (nSPS) is 24.1. The van der Waals surface area contributed by atoms with Gasteiger partial charge in [-0.1, -0.05) is 0 Å². The molecule has 0 saturated carbocycles. The molecule has 0 aromatic carbocycles. The van der Waals surface area contributed by atoms with Crippen molar-refractivity contribution in [3.63, 3.8) is 0 Å². The maximum absolute atomic E-state index is 10.4. The number of hydrogen-bond donors (Lipinski definition) is 1. The second kappa shape index (κ2) is 3.57. The largest absolute Gasteiger partial charge is 0.465 e. The SMILES string of the molecule is CCO[C@H]1CCN(C(=O)O)C1. The van der Waals surface area contributed by atoms with Crippen LogP contribution in [-0.4, -0.2) is 41.9 Å². The van der Waals surface area contributed by atoms with Gasteiger partial charge in [-0.25, -0.2) is 4.79 Å². The Bertz CT molecular complexity index is 149. The maximum Gasteiger partial charge on any atom is 0.407 e. The van der Waals surface area contributed by atoms with Crippen molar-refractivity contribution in [3.8, 4) is 0 Å². The molecule has 0 unspecified atom stereocenters. The number of amides is 1. The van der Waals surface area contributed by atoms with Crippen molar-refractivity contribution in [1.29, 1.82) is 0 Å². The Morgan fingerprint density at radius 3 is 3.00 bits per heavy atom. The van der Waals surface area contributed by atoms with Crippen molar-refractivity contribution in [1.82, 2.24) is 4.90 Å². The van der Waals surface area contributed by atoms with Gasteiger partial charge in [0.25, 0.3) is 0 Å². The summed E-state index contributed by atoms with van der Waals surface area (Å²) < 4.78 is 5.28. The minimum absolute atomic E-state index is 0.121. The lowest BCUT2D eigenvalue weighted by atomic mass is 10.3. The van der Waals surface area contributed by atoms with E-state index in [1.165, 1.54) is 4.90 Å². The van der Waals surface area contributed by atoms with E-state index < -0.39 is 6.09 Å². The van der Waals surface area contributed by atoms with Gasteiger partial charge in [0.15, 0.2) is 0 Å². The van der Waals surface area contributed by atoms with Crippen molar-refractivity contribution in [3.05, 3.63) is 0 Å². The van der Waals surface area contributed by atoms with Crippen LogP contribution in [0.4, 0.5) is 4.79 Å². The van der Waals surface area contributed by atoms with Crippen LogP contribution in [0.5, 0.6) is 0 Å². The summed E-state index contributed by atoms with van der Waals surface area (Å²) in [4.78, 5) is 11.8. The van der Waals surface area contributed by atoms with Crippen molar-refractivity contribution in [2.45, 2.75) is 19.4 Å². The highest BCUT2D eigenvalue weighted by Crippen LogP contribution is 2.11. The molecule has 1 heterocycles. The Kier molecular flexibility index (Phi) is 2.70. The lowest BCUT2D eigenvalue weighted by molar-refractivity contribution is 0.0679. The van der Waals surface area contributed by atoms with E-state index in [9.17, 15) is 4.79 Å². The van der Waals surface area contributed by atoms with Crippen LogP contribution in [-0.2, 0) is 4.74 Å². The fourth-order valence-corrected chi connectivity index (χ4v) is 1.27. The zero-order chi connectivity index (χ0) is 8.27. The molecule has 64 valence electrons. The monoisotopic (exact) mass is 159 g/mol. The van der Waals surface area contributed by atoms with Crippen LogP contribution in [0, 0.1) is 0 Å². The molecule has 0 aromatic heterocycles. The van der Waals surface area contributed by atoms with Crippen LogP contribution in [0.15, 0.2) is 0 Å². The number of likely N-dealkylation sites (tertiary alicyclic amines) is 1. The van der Waals surface area contributed by atoms with Crippen molar-refractivity contribution in [2.75, 3.05) is 19.7 Å². The highest BCUT2D eigenvalue weighted by Gasteiger charge is 2.25. The molecular weight excluding hydrogens is 146 g/mol. The highest BCUT2D eigenvalue weighted by molar-refractivity contribution is 5.65. The van der Waals surface area contributed by atoms with Crippen LogP contribution in [0.3, 0.4) is 0 Å². The number of rotatable bonds is 2. The van der Waals surface area contributed by atoms with Gasteiger partial charge in [0, 0.05) is 13.2 Å². The molecule has 0 spiro atoms. The van der Waals surface area contributed by atoms with Gasteiger partial charge in [0.1, 0.15) is 0 Å². The fraction of sp³-hybridized carbons (Fsp3) is 0.857. The quantitative estimate of drug-likeness (QED) is 0.647. The first-order valence-corrected chi connectivity index (χ1v) is 3.83. The third-order valence-electron chi connectivity index (χ3n) is 1.82. The predicted octanol–water partition coefficient (Wildman–Crippen LogP) is 0.775. The number of hydrogen-bond acceptors (Lipinski definition) is 2. The highest BCUT2D eigenvalue weighted by atomic mass is 16.5. The minimum atomic E-state index is -0.841. The Hall–Kier alpha value is -0.770. The van der Waals surface area contributed by atoms with Gasteiger partial charge in [-0.15, -0.1) is 0 Å². The Morgan fingerprint density at radius 2 is 2.55 bits per heavy atom. The van der Waals surface area contributed by atoms with E-state index in [1.54, 1.807) is 0 Å². The summed E-state index contributed by atoms with van der Waals surface area (Å²) in [5, 5.41) is 8.57. The molecule has 1 aliphatic heterocycles. The van der Waals surface area contributed by atoms with Crippen LogP contribution in [0.25, 0.3) is 0 Å². The van der Waals surface area contributed by atoms with Gasteiger partial charge in [-0.2, -0.15) is 0 Å². The lowest BCUT2D eigenvalue weighted by Crippen LogP contribution is -2.28. The zero-order valence-electron chi connectivity index (χ0n) is 6.62. The first-order valence-electron chi connectivity index (χ1n) is 3.83. The summed E-state index contributed by atoms with van der Waals surface area (Å²) >= 11 is 0. The number of carbonyl (C=O) groups is 1. The van der Waals surface area contributed by atoms with Crippen LogP contribution in [0.2, 0.25) is 0 Å². The van der Waals surface area contributed by atoms with Gasteiger partial charge in [0.05, 0.1) is 12.6 Å². The molecule has 0 radical (unpaired) electrons. The molecule has 1 aliphatic rings. The van der Waals surface area contributed by atoms with Crippen LogP contribution >= 0.6 is 0 Å². The van der Waals surface area contributed by atoms with E-state index in [-0.39, 0.29) is 6.10 Å². The predicted molar refractivity (Wildman–Crippen MR) is 39.6 cm³/mol. The zero-order valence-corrected chi connectivity index (χ0v) is 6.62. The summed E-state index contributed by atoms with van der Waals surface area (Å²) in [6, 6.07) is 0. The van der Waals surface area contributed by atoms with Gasteiger partial charge >= 0.3 is 6.09 Å². The molecule has 0 aliphatic carbocycles. The van der Waals surface area contributed by atoms with E-state index in [0.29, 0.717) is 19.7 Å². The summed E-state index contributed by atoms with van der Waals surface area (Å²) in [5.74, 6) is 0. The maximum atomic E-state index is 10.4. The number of carboxylic acid groups (broad SMARTS) is 1. The fourth-order valence-electron chi connectivity index (χ4n) is 1.27. The molecule has 1 atom stereocenters. The Morgan fingerprint density at radius 1 is 1.82 bits per heavy atom. The topological polar surface area (TPSA) is 49.8 Å². The van der Waals surface area contributed by atoms with E-state index in [1.807, 2.05) is 6.92 Å². The molecule has 0 aromatic rings. The molecule has 1 amide bonds. The summed E-state index contributed by atoms with van der Waals surface area (Å²) in [6.07, 6.45) is 0.114. The second-order valence-electron chi connectivity index (χ2n) is 2.59. The number of ether oxygens (including phenoxy) is 1. The van der Waals surface area contributed by atoms with Crippen LogP contribution < -0.4 is 0 Å². The standard InChI is InChI=1S/C7H13NO3/c1-2-11-6-3-4-8(5-6)7(9)10/h6H,2-5H2,1H3,(H,9,10)/t6-/m0/s1. The Labute approximate surface area is 65.8 Å². The van der Waals surface area contributed by atoms with Gasteiger partial charge < -0.3 is 14.7 Å². The van der Waals surface area contributed by atoms with Gasteiger partial charge in [-0.3, -0.25) is 0 Å². The Balaban J connectivity index is 2.29. The van der Waals surface area contributed by atoms with E-state index in [0.717, 1.165) is 6.42 Å². The molecule has 1 N–H and O–H groups in total. The molecule has 4 heteroatoms.